The van der Waals surface area contributed by atoms with Crippen LogP contribution in [0, 0.1) is 5.92 Å². The lowest BCUT2D eigenvalue weighted by Gasteiger charge is -2.24. The summed E-state index contributed by atoms with van der Waals surface area (Å²) in [4.78, 5) is 0. The average molecular weight is 247 g/mol. The van der Waals surface area contributed by atoms with Crippen LogP contribution in [0.15, 0.2) is 24.3 Å². The Labute approximate surface area is 111 Å². The first-order valence-electron chi connectivity index (χ1n) is 7.22. The minimum atomic E-state index is 0.305. The van der Waals surface area contributed by atoms with Crippen molar-refractivity contribution >= 4 is 0 Å². The number of fused-ring (bicyclic) bond motifs is 1. The minimum Gasteiger partial charge on any atom is -0.488 e. The molecule has 0 aromatic heterocycles. The van der Waals surface area contributed by atoms with Gasteiger partial charge in [0, 0.05) is 19.0 Å². The van der Waals surface area contributed by atoms with Crippen LogP contribution in [0.25, 0.3) is 0 Å². The van der Waals surface area contributed by atoms with Crippen LogP contribution in [0.3, 0.4) is 0 Å². The first kappa shape index (κ1) is 13.4. The summed E-state index contributed by atoms with van der Waals surface area (Å²) in [7, 11) is 0. The van der Waals surface area contributed by atoms with Gasteiger partial charge in [0.15, 0.2) is 0 Å². The first-order chi connectivity index (χ1) is 8.74. The summed E-state index contributed by atoms with van der Waals surface area (Å²) in [5, 5.41) is 3.64. The smallest absolute Gasteiger partial charge is 0.123 e. The quantitative estimate of drug-likeness (QED) is 0.832. The van der Waals surface area contributed by atoms with Crippen molar-refractivity contribution in [2.45, 2.75) is 52.2 Å². The van der Waals surface area contributed by atoms with E-state index in [1.54, 1.807) is 0 Å². The molecule has 1 aromatic carbocycles. The van der Waals surface area contributed by atoms with E-state index >= 15 is 0 Å². The van der Waals surface area contributed by atoms with Gasteiger partial charge in [-0.15, -0.1) is 0 Å². The molecule has 0 amide bonds. The third-order valence-electron chi connectivity index (χ3n) is 4.14. The van der Waals surface area contributed by atoms with E-state index in [1.807, 2.05) is 6.07 Å². The van der Waals surface area contributed by atoms with E-state index in [-0.39, 0.29) is 0 Å². The lowest BCUT2D eigenvalue weighted by Crippen LogP contribution is -2.39. The lowest BCUT2D eigenvalue weighted by atomic mass is 9.95. The van der Waals surface area contributed by atoms with E-state index in [0.717, 1.165) is 24.6 Å². The van der Waals surface area contributed by atoms with Crippen molar-refractivity contribution in [3.63, 3.8) is 0 Å². The van der Waals surface area contributed by atoms with E-state index in [1.165, 1.54) is 18.4 Å². The van der Waals surface area contributed by atoms with Gasteiger partial charge in [0.25, 0.3) is 0 Å². The summed E-state index contributed by atoms with van der Waals surface area (Å²) in [6.45, 7) is 7.79. The number of nitrogens with one attached hydrogen (secondary N) is 1. The molecule has 0 saturated carbocycles. The fourth-order valence-corrected chi connectivity index (χ4v) is 2.85. The molecule has 2 nitrogen and oxygen atoms in total. The molecule has 1 N–H and O–H groups in total. The zero-order valence-corrected chi connectivity index (χ0v) is 11.8. The molecule has 2 atom stereocenters. The number of benzene rings is 1. The average Bonchev–Trinajstić information content (AvgIpc) is 2.80. The molecule has 0 saturated heterocycles. The lowest BCUT2D eigenvalue weighted by molar-refractivity contribution is 0.212. The maximum Gasteiger partial charge on any atom is 0.123 e. The predicted octanol–water partition coefficient (Wildman–Crippen LogP) is 3.40. The number of rotatable bonds is 6. The molecule has 0 aliphatic carbocycles. The second-order valence-electron chi connectivity index (χ2n) is 5.33. The normalized spacial score (nSPS) is 19.7. The first-order valence-corrected chi connectivity index (χ1v) is 7.22. The fourth-order valence-electron chi connectivity index (χ4n) is 2.85. The molecule has 0 fully saturated rings. The molecular formula is C16H25NO. The summed E-state index contributed by atoms with van der Waals surface area (Å²) in [6, 6.07) is 8.94. The van der Waals surface area contributed by atoms with E-state index in [2.05, 4.69) is 44.3 Å². The Hall–Kier alpha value is -1.02. The van der Waals surface area contributed by atoms with Gasteiger partial charge in [-0.05, 0) is 24.5 Å². The van der Waals surface area contributed by atoms with Crippen molar-refractivity contribution in [2.24, 2.45) is 5.92 Å². The highest BCUT2D eigenvalue weighted by Gasteiger charge is 2.23. The molecule has 2 rings (SSSR count). The topological polar surface area (TPSA) is 21.3 Å². The molecule has 100 valence electrons. The Kier molecular flexibility index (Phi) is 4.65. The third kappa shape index (κ3) is 3.05. The van der Waals surface area contributed by atoms with Crippen molar-refractivity contribution in [3.05, 3.63) is 29.8 Å². The van der Waals surface area contributed by atoms with Gasteiger partial charge in [-0.3, -0.25) is 0 Å². The molecule has 18 heavy (non-hydrogen) atoms. The fraction of sp³-hybridized carbons (Fsp3) is 0.625. The zero-order valence-electron chi connectivity index (χ0n) is 11.8. The van der Waals surface area contributed by atoms with Crippen LogP contribution in [0.5, 0.6) is 5.75 Å². The van der Waals surface area contributed by atoms with Gasteiger partial charge in [0.05, 0.1) is 0 Å². The second-order valence-corrected chi connectivity index (χ2v) is 5.33. The minimum absolute atomic E-state index is 0.305. The Morgan fingerprint density at radius 3 is 2.67 bits per heavy atom. The molecule has 1 aliphatic rings. The SMILES string of the molecule is CCC(CC)C(C)NCC1Cc2ccccc2O1. The molecule has 1 aromatic rings. The van der Waals surface area contributed by atoms with Crippen LogP contribution in [-0.2, 0) is 6.42 Å². The number of hydrogen-bond acceptors (Lipinski definition) is 2. The van der Waals surface area contributed by atoms with Crippen LogP contribution in [-0.4, -0.2) is 18.7 Å². The summed E-state index contributed by atoms with van der Waals surface area (Å²) < 4.78 is 5.94. The molecule has 2 unspecified atom stereocenters. The van der Waals surface area contributed by atoms with Gasteiger partial charge in [-0.25, -0.2) is 0 Å². The van der Waals surface area contributed by atoms with Gasteiger partial charge >= 0.3 is 0 Å². The van der Waals surface area contributed by atoms with E-state index in [0.29, 0.717) is 12.1 Å². The summed E-state index contributed by atoms with van der Waals surface area (Å²) >= 11 is 0. The Morgan fingerprint density at radius 1 is 1.28 bits per heavy atom. The second kappa shape index (κ2) is 6.24. The monoisotopic (exact) mass is 247 g/mol. The highest BCUT2D eigenvalue weighted by atomic mass is 16.5. The third-order valence-corrected chi connectivity index (χ3v) is 4.14. The molecular weight excluding hydrogens is 222 g/mol. The number of ether oxygens (including phenoxy) is 1. The van der Waals surface area contributed by atoms with Crippen LogP contribution >= 0.6 is 0 Å². The molecule has 1 heterocycles. The predicted molar refractivity (Wildman–Crippen MR) is 76.1 cm³/mol. The largest absolute Gasteiger partial charge is 0.488 e. The summed E-state index contributed by atoms with van der Waals surface area (Å²) in [5.41, 5.74) is 1.35. The van der Waals surface area contributed by atoms with E-state index < -0.39 is 0 Å². The summed E-state index contributed by atoms with van der Waals surface area (Å²) in [5.74, 6) is 1.84. The highest BCUT2D eigenvalue weighted by Crippen LogP contribution is 2.27. The standard InChI is InChI=1S/C16H25NO/c1-4-13(5-2)12(3)17-11-15-10-14-8-6-7-9-16(14)18-15/h6-9,12-13,15,17H,4-5,10-11H2,1-3H3. The van der Waals surface area contributed by atoms with Crippen LogP contribution < -0.4 is 10.1 Å². The van der Waals surface area contributed by atoms with Crippen LogP contribution in [0.1, 0.15) is 39.2 Å². The molecule has 0 radical (unpaired) electrons. The maximum atomic E-state index is 5.94. The zero-order chi connectivity index (χ0) is 13.0. The van der Waals surface area contributed by atoms with Crippen molar-refractivity contribution < 1.29 is 4.74 Å². The van der Waals surface area contributed by atoms with Gasteiger partial charge in [-0.1, -0.05) is 44.9 Å². The van der Waals surface area contributed by atoms with Gasteiger partial charge in [-0.2, -0.15) is 0 Å². The maximum absolute atomic E-state index is 5.94. The van der Waals surface area contributed by atoms with Crippen molar-refractivity contribution in [3.8, 4) is 5.75 Å². The number of hydrogen-bond donors (Lipinski definition) is 1. The molecule has 0 bridgehead atoms. The molecule has 1 aliphatic heterocycles. The van der Waals surface area contributed by atoms with Gasteiger partial charge in [0.2, 0.25) is 0 Å². The Balaban J connectivity index is 1.80. The molecule has 0 spiro atoms. The Morgan fingerprint density at radius 2 is 2.00 bits per heavy atom. The van der Waals surface area contributed by atoms with E-state index in [9.17, 15) is 0 Å². The van der Waals surface area contributed by atoms with Gasteiger partial charge in [0.1, 0.15) is 11.9 Å². The van der Waals surface area contributed by atoms with Crippen LogP contribution in [0.4, 0.5) is 0 Å². The van der Waals surface area contributed by atoms with Gasteiger partial charge < -0.3 is 10.1 Å². The van der Waals surface area contributed by atoms with Crippen molar-refractivity contribution in [1.82, 2.24) is 5.32 Å². The van der Waals surface area contributed by atoms with Crippen LogP contribution in [0.2, 0.25) is 0 Å². The van der Waals surface area contributed by atoms with Crippen molar-refractivity contribution in [2.75, 3.05) is 6.54 Å². The number of para-hydroxylation sites is 1. The highest BCUT2D eigenvalue weighted by molar-refractivity contribution is 5.37. The summed E-state index contributed by atoms with van der Waals surface area (Å²) in [6.07, 6.45) is 3.84. The Bertz CT molecular complexity index is 348. The molecule has 2 heteroatoms. The van der Waals surface area contributed by atoms with Crippen molar-refractivity contribution in [1.29, 1.82) is 0 Å². The van der Waals surface area contributed by atoms with E-state index in [4.69, 9.17) is 4.74 Å².